The fraction of sp³-hybridized carbons (Fsp3) is 0.909. The lowest BCUT2D eigenvalue weighted by Gasteiger charge is -2.59. The van der Waals surface area contributed by atoms with Crippen molar-refractivity contribution in [1.82, 2.24) is 9.80 Å². The van der Waals surface area contributed by atoms with Crippen LogP contribution in [0.25, 0.3) is 0 Å². The second-order valence-electron chi connectivity index (χ2n) is 9.22. The normalized spacial score (nSPS) is 44.5. The lowest BCUT2D eigenvalue weighted by atomic mass is 9.76. The Hall–Kier alpha value is -0.340. The lowest BCUT2D eigenvalue weighted by molar-refractivity contribution is -0.0895. The summed E-state index contributed by atoms with van der Waals surface area (Å²) in [6.45, 7) is 5.43. The van der Waals surface area contributed by atoms with Crippen molar-refractivity contribution in [3.63, 3.8) is 0 Å². The van der Waals surface area contributed by atoms with Gasteiger partial charge in [0.2, 0.25) is 0 Å². The Morgan fingerprint density at radius 3 is 1.75 bits per heavy atom. The summed E-state index contributed by atoms with van der Waals surface area (Å²) in [5.74, 6) is 1.76. The number of hydrogen-bond acceptors (Lipinski definition) is 2. The van der Waals surface area contributed by atoms with Gasteiger partial charge in [0.25, 0.3) is 0 Å². The number of rotatable bonds is 3. The average molecular weight is 331 g/mol. The first-order valence-electron chi connectivity index (χ1n) is 10.9. The highest BCUT2D eigenvalue weighted by Crippen LogP contribution is 2.41. The molecule has 0 radical (unpaired) electrons. The Labute approximate surface area is 149 Å². The van der Waals surface area contributed by atoms with Crippen molar-refractivity contribution >= 4 is 0 Å². The molecular formula is C22H38N2. The molecule has 0 aromatic heterocycles. The van der Waals surface area contributed by atoms with E-state index in [0.29, 0.717) is 0 Å². The molecule has 4 aliphatic rings. The van der Waals surface area contributed by atoms with E-state index in [4.69, 9.17) is 0 Å². The van der Waals surface area contributed by atoms with E-state index >= 15 is 0 Å². The molecule has 0 N–H and O–H groups in total. The first-order valence-corrected chi connectivity index (χ1v) is 10.9. The molecule has 3 aliphatic carbocycles. The van der Waals surface area contributed by atoms with Crippen LogP contribution in [0.3, 0.4) is 0 Å². The molecule has 0 spiro atoms. The van der Waals surface area contributed by atoms with Crippen LogP contribution in [0.5, 0.6) is 0 Å². The zero-order valence-electron chi connectivity index (χ0n) is 15.8. The zero-order valence-corrected chi connectivity index (χ0v) is 15.8. The van der Waals surface area contributed by atoms with E-state index in [9.17, 15) is 0 Å². The molecule has 0 aromatic rings. The van der Waals surface area contributed by atoms with Crippen molar-refractivity contribution in [2.75, 3.05) is 13.6 Å². The maximum atomic E-state index is 4.03. The van der Waals surface area contributed by atoms with Gasteiger partial charge in [0.1, 0.15) is 0 Å². The smallest absolute Gasteiger partial charge is 0.0255 e. The third kappa shape index (κ3) is 3.21. The van der Waals surface area contributed by atoms with Crippen LogP contribution in [0.15, 0.2) is 12.7 Å². The summed E-state index contributed by atoms with van der Waals surface area (Å²) >= 11 is 0. The molecule has 1 aliphatic heterocycles. The Morgan fingerprint density at radius 1 is 0.750 bits per heavy atom. The van der Waals surface area contributed by atoms with Gasteiger partial charge in [-0.15, -0.1) is 6.58 Å². The van der Waals surface area contributed by atoms with E-state index in [1.165, 1.54) is 83.6 Å². The summed E-state index contributed by atoms with van der Waals surface area (Å²) in [6.07, 6.45) is 19.5. The molecule has 3 saturated carbocycles. The van der Waals surface area contributed by atoms with Gasteiger partial charge in [0.15, 0.2) is 0 Å². The van der Waals surface area contributed by atoms with E-state index < -0.39 is 0 Å². The molecule has 1 heterocycles. The molecule has 1 saturated heterocycles. The topological polar surface area (TPSA) is 6.48 Å². The third-order valence-electron chi connectivity index (χ3n) is 7.98. The van der Waals surface area contributed by atoms with Crippen LogP contribution in [0.4, 0.5) is 0 Å². The monoisotopic (exact) mass is 330 g/mol. The molecule has 4 unspecified atom stereocenters. The highest BCUT2D eigenvalue weighted by atomic mass is 15.3. The lowest BCUT2D eigenvalue weighted by Crippen LogP contribution is -2.69. The summed E-state index contributed by atoms with van der Waals surface area (Å²) in [5.41, 5.74) is 0. The number of likely N-dealkylation sites (N-methyl/N-ethyl adjacent to an activating group) is 1. The molecule has 4 atom stereocenters. The Morgan fingerprint density at radius 2 is 1.25 bits per heavy atom. The van der Waals surface area contributed by atoms with E-state index in [2.05, 4.69) is 29.5 Å². The summed E-state index contributed by atoms with van der Waals surface area (Å²) in [7, 11) is 2.46. The van der Waals surface area contributed by atoms with Crippen LogP contribution in [-0.2, 0) is 0 Å². The number of allylic oxidation sites excluding steroid dienone is 1. The number of fused-ring (bicyclic) bond motifs is 2. The van der Waals surface area contributed by atoms with Crippen molar-refractivity contribution in [3.05, 3.63) is 12.7 Å². The summed E-state index contributed by atoms with van der Waals surface area (Å²) < 4.78 is 0. The van der Waals surface area contributed by atoms with Gasteiger partial charge < -0.3 is 0 Å². The van der Waals surface area contributed by atoms with Crippen molar-refractivity contribution in [2.45, 2.75) is 101 Å². The predicted molar refractivity (Wildman–Crippen MR) is 102 cm³/mol. The fourth-order valence-electron chi connectivity index (χ4n) is 6.57. The van der Waals surface area contributed by atoms with Crippen molar-refractivity contribution in [1.29, 1.82) is 0 Å². The maximum Gasteiger partial charge on any atom is 0.0255 e. The Kier molecular flexibility index (Phi) is 5.34. The van der Waals surface area contributed by atoms with Gasteiger partial charge in [-0.05, 0) is 70.3 Å². The molecule has 24 heavy (non-hydrogen) atoms. The summed E-state index contributed by atoms with van der Waals surface area (Å²) in [4.78, 5) is 5.89. The molecule has 2 nitrogen and oxygen atoms in total. The van der Waals surface area contributed by atoms with E-state index in [1.807, 2.05) is 0 Å². The minimum atomic E-state index is 0.804. The van der Waals surface area contributed by atoms with Gasteiger partial charge in [-0.25, -0.2) is 0 Å². The Bertz CT molecular complexity index is 402. The Balaban J connectivity index is 1.49. The van der Waals surface area contributed by atoms with Gasteiger partial charge in [-0.2, -0.15) is 0 Å². The molecule has 4 fully saturated rings. The van der Waals surface area contributed by atoms with Crippen LogP contribution in [0, 0.1) is 11.8 Å². The van der Waals surface area contributed by atoms with Crippen LogP contribution < -0.4 is 0 Å². The van der Waals surface area contributed by atoms with Crippen LogP contribution in [0.2, 0.25) is 0 Å². The largest absolute Gasteiger partial charge is 0.297 e. The minimum absolute atomic E-state index is 0.804. The number of nitrogens with zero attached hydrogens (tertiary/aromatic N) is 2. The van der Waals surface area contributed by atoms with E-state index in [1.54, 1.807) is 0 Å². The molecule has 0 bridgehead atoms. The molecule has 2 heteroatoms. The molecule has 136 valence electrons. The molecular weight excluding hydrogens is 292 g/mol. The van der Waals surface area contributed by atoms with Gasteiger partial charge in [-0.1, -0.05) is 31.8 Å². The molecule has 0 amide bonds. The standard InChI is InChI=1S/C22H38N2/c1-3-17-12-14-18(15-13-17)16-24-21-10-6-4-8-19(21)23(2)20-9-5-7-11-22(20)24/h3,17-22H,1,4-16H2,2H3. The second-order valence-corrected chi connectivity index (χ2v) is 9.22. The van der Waals surface area contributed by atoms with Crippen molar-refractivity contribution in [2.24, 2.45) is 11.8 Å². The van der Waals surface area contributed by atoms with Crippen LogP contribution in [-0.4, -0.2) is 47.6 Å². The van der Waals surface area contributed by atoms with Gasteiger partial charge in [-0.3, -0.25) is 9.80 Å². The van der Waals surface area contributed by atoms with Crippen LogP contribution in [0.1, 0.15) is 77.0 Å². The quantitative estimate of drug-likeness (QED) is 0.683. The second kappa shape index (κ2) is 7.50. The molecule has 4 rings (SSSR count). The average Bonchev–Trinajstić information content (AvgIpc) is 2.65. The first-order chi connectivity index (χ1) is 11.8. The minimum Gasteiger partial charge on any atom is -0.297 e. The summed E-state index contributed by atoms with van der Waals surface area (Å²) in [5, 5.41) is 0. The van der Waals surface area contributed by atoms with Gasteiger partial charge in [0, 0.05) is 30.7 Å². The van der Waals surface area contributed by atoms with E-state index in [0.717, 1.165) is 36.0 Å². The van der Waals surface area contributed by atoms with Crippen LogP contribution >= 0.6 is 0 Å². The van der Waals surface area contributed by atoms with Crippen molar-refractivity contribution < 1.29 is 0 Å². The number of hydrogen-bond donors (Lipinski definition) is 0. The van der Waals surface area contributed by atoms with E-state index in [-0.39, 0.29) is 0 Å². The summed E-state index contributed by atoms with van der Waals surface area (Å²) in [6, 6.07) is 3.42. The first kappa shape index (κ1) is 17.1. The molecule has 0 aromatic carbocycles. The predicted octanol–water partition coefficient (Wildman–Crippen LogP) is 4.85. The van der Waals surface area contributed by atoms with Gasteiger partial charge >= 0.3 is 0 Å². The highest BCUT2D eigenvalue weighted by molar-refractivity contribution is 5.04. The fourth-order valence-corrected chi connectivity index (χ4v) is 6.57. The zero-order chi connectivity index (χ0) is 16.5. The third-order valence-corrected chi connectivity index (χ3v) is 7.98. The van der Waals surface area contributed by atoms with Crippen molar-refractivity contribution in [3.8, 4) is 0 Å². The SMILES string of the molecule is C=CC1CCC(CN2C3CCCCC3N(C)C3CCCCC32)CC1. The number of piperazine rings is 1. The van der Waals surface area contributed by atoms with Gasteiger partial charge in [0.05, 0.1) is 0 Å². The maximum absolute atomic E-state index is 4.03. The highest BCUT2D eigenvalue weighted by Gasteiger charge is 2.47.